The van der Waals surface area contributed by atoms with Crippen molar-refractivity contribution in [2.75, 3.05) is 6.79 Å². The molecule has 96 valence electrons. The summed E-state index contributed by atoms with van der Waals surface area (Å²) in [7, 11) is 0. The van der Waals surface area contributed by atoms with Crippen LogP contribution >= 0.6 is 0 Å². The molecule has 0 radical (unpaired) electrons. The van der Waals surface area contributed by atoms with Crippen molar-refractivity contribution < 1.29 is 14.3 Å². The van der Waals surface area contributed by atoms with Crippen LogP contribution in [0.15, 0.2) is 41.6 Å². The predicted octanol–water partition coefficient (Wildman–Crippen LogP) is 0.855. The summed E-state index contributed by atoms with van der Waals surface area (Å²) in [6.45, 7) is 0.112. The van der Waals surface area contributed by atoms with Gasteiger partial charge in [0, 0.05) is 17.8 Å². The monoisotopic (exact) mass is 258 g/mol. The SMILES string of the molecule is O=C(Cn1cnccc1=O)c1ccc2c(c1)OCO2. The van der Waals surface area contributed by atoms with Gasteiger partial charge in [0.1, 0.15) is 0 Å². The summed E-state index contributed by atoms with van der Waals surface area (Å²) < 4.78 is 11.6. The van der Waals surface area contributed by atoms with E-state index in [4.69, 9.17) is 9.47 Å². The Morgan fingerprint density at radius 3 is 2.95 bits per heavy atom. The van der Waals surface area contributed by atoms with E-state index in [-0.39, 0.29) is 24.7 Å². The molecule has 0 atom stereocenters. The van der Waals surface area contributed by atoms with Gasteiger partial charge in [-0.3, -0.25) is 14.2 Å². The third kappa shape index (κ3) is 2.20. The van der Waals surface area contributed by atoms with Crippen molar-refractivity contribution >= 4 is 5.78 Å². The first-order chi connectivity index (χ1) is 9.24. The van der Waals surface area contributed by atoms with Crippen molar-refractivity contribution in [3.8, 4) is 11.5 Å². The van der Waals surface area contributed by atoms with Gasteiger partial charge in [-0.05, 0) is 18.2 Å². The average Bonchev–Trinajstić information content (AvgIpc) is 2.88. The number of Topliss-reactive ketones (excluding diaryl/α,β-unsaturated/α-hetero) is 1. The Bertz CT molecular complexity index is 693. The fraction of sp³-hybridized carbons (Fsp3) is 0.154. The Labute approximate surface area is 108 Å². The smallest absolute Gasteiger partial charge is 0.253 e. The third-order valence-corrected chi connectivity index (χ3v) is 2.80. The van der Waals surface area contributed by atoms with Gasteiger partial charge >= 0.3 is 0 Å². The van der Waals surface area contributed by atoms with Crippen molar-refractivity contribution in [1.29, 1.82) is 0 Å². The molecule has 1 aromatic heterocycles. The zero-order valence-corrected chi connectivity index (χ0v) is 9.91. The lowest BCUT2D eigenvalue weighted by molar-refractivity contribution is 0.0970. The maximum Gasteiger partial charge on any atom is 0.253 e. The molecule has 1 aromatic carbocycles. The van der Waals surface area contributed by atoms with Crippen molar-refractivity contribution in [3.05, 3.63) is 52.7 Å². The number of hydrogen-bond acceptors (Lipinski definition) is 5. The van der Waals surface area contributed by atoms with E-state index in [0.29, 0.717) is 17.1 Å². The molecular weight excluding hydrogens is 248 g/mol. The van der Waals surface area contributed by atoms with E-state index in [2.05, 4.69) is 4.98 Å². The van der Waals surface area contributed by atoms with E-state index in [1.54, 1.807) is 18.2 Å². The molecule has 0 spiro atoms. The highest BCUT2D eigenvalue weighted by Gasteiger charge is 2.16. The van der Waals surface area contributed by atoms with Gasteiger partial charge in [0.2, 0.25) is 6.79 Å². The number of benzene rings is 1. The Morgan fingerprint density at radius 1 is 1.26 bits per heavy atom. The molecule has 3 rings (SSSR count). The summed E-state index contributed by atoms with van der Waals surface area (Å²) in [5.41, 5.74) is 0.212. The van der Waals surface area contributed by atoms with Crippen molar-refractivity contribution in [2.45, 2.75) is 6.54 Å². The summed E-state index contributed by atoms with van der Waals surface area (Å²) >= 11 is 0. The minimum absolute atomic E-state index is 0.0493. The van der Waals surface area contributed by atoms with E-state index in [0.717, 1.165) is 0 Å². The van der Waals surface area contributed by atoms with Gasteiger partial charge in [-0.25, -0.2) is 4.98 Å². The second-order valence-corrected chi connectivity index (χ2v) is 4.04. The molecule has 0 saturated heterocycles. The number of fused-ring (bicyclic) bond motifs is 1. The van der Waals surface area contributed by atoms with Crippen molar-refractivity contribution in [3.63, 3.8) is 0 Å². The van der Waals surface area contributed by atoms with Crippen LogP contribution < -0.4 is 15.0 Å². The Morgan fingerprint density at radius 2 is 2.11 bits per heavy atom. The van der Waals surface area contributed by atoms with Crippen molar-refractivity contribution in [2.24, 2.45) is 0 Å². The molecule has 19 heavy (non-hydrogen) atoms. The Balaban J connectivity index is 1.85. The molecule has 0 fully saturated rings. The van der Waals surface area contributed by atoms with Gasteiger partial charge in [-0.15, -0.1) is 0 Å². The number of nitrogens with zero attached hydrogens (tertiary/aromatic N) is 2. The van der Waals surface area contributed by atoms with Gasteiger partial charge in [-0.2, -0.15) is 0 Å². The molecule has 0 saturated carbocycles. The first-order valence-electron chi connectivity index (χ1n) is 5.67. The molecule has 6 heteroatoms. The predicted molar refractivity (Wildman–Crippen MR) is 65.4 cm³/mol. The maximum atomic E-state index is 12.1. The molecule has 0 N–H and O–H groups in total. The molecule has 6 nitrogen and oxygen atoms in total. The largest absolute Gasteiger partial charge is 0.454 e. The van der Waals surface area contributed by atoms with Crippen molar-refractivity contribution in [1.82, 2.24) is 9.55 Å². The topological polar surface area (TPSA) is 70.4 Å². The molecule has 2 aromatic rings. The molecule has 2 heterocycles. The van der Waals surface area contributed by atoms with Crippen LogP contribution in [0.5, 0.6) is 11.5 Å². The van der Waals surface area contributed by atoms with E-state index >= 15 is 0 Å². The lowest BCUT2D eigenvalue weighted by atomic mass is 10.1. The molecule has 0 unspecified atom stereocenters. The van der Waals surface area contributed by atoms with Crippen LogP contribution in [0.25, 0.3) is 0 Å². The number of aromatic nitrogens is 2. The van der Waals surface area contributed by atoms with Gasteiger partial charge in [0.05, 0.1) is 12.9 Å². The van der Waals surface area contributed by atoms with Gasteiger partial charge in [0.15, 0.2) is 17.3 Å². The first-order valence-corrected chi connectivity index (χ1v) is 5.67. The number of carbonyl (C=O) groups excluding carboxylic acids is 1. The summed E-state index contributed by atoms with van der Waals surface area (Å²) in [5, 5.41) is 0. The quantitative estimate of drug-likeness (QED) is 0.763. The van der Waals surface area contributed by atoms with Crippen LogP contribution in [-0.2, 0) is 6.54 Å². The minimum Gasteiger partial charge on any atom is -0.454 e. The number of ether oxygens (including phenoxy) is 2. The molecule has 0 amide bonds. The van der Waals surface area contributed by atoms with Crippen LogP contribution in [0.2, 0.25) is 0 Å². The van der Waals surface area contributed by atoms with E-state index in [1.165, 1.54) is 23.2 Å². The van der Waals surface area contributed by atoms with Crippen LogP contribution in [0, 0.1) is 0 Å². The van der Waals surface area contributed by atoms with Crippen LogP contribution in [0.4, 0.5) is 0 Å². The van der Waals surface area contributed by atoms with Crippen LogP contribution in [0.3, 0.4) is 0 Å². The summed E-state index contributed by atoms with van der Waals surface area (Å²) in [4.78, 5) is 27.4. The Kier molecular flexibility index (Phi) is 2.75. The second kappa shape index (κ2) is 4.56. The standard InChI is InChI=1S/C13H10N2O4/c16-10(6-15-7-14-4-3-13(15)17)9-1-2-11-12(5-9)19-8-18-11/h1-5,7H,6,8H2. The summed E-state index contributed by atoms with van der Waals surface area (Å²) in [5.74, 6) is 0.980. The average molecular weight is 258 g/mol. The number of ketones is 1. The number of rotatable bonds is 3. The highest BCUT2D eigenvalue weighted by Crippen LogP contribution is 2.32. The third-order valence-electron chi connectivity index (χ3n) is 2.80. The van der Waals surface area contributed by atoms with E-state index < -0.39 is 0 Å². The normalized spacial score (nSPS) is 12.4. The van der Waals surface area contributed by atoms with E-state index in [9.17, 15) is 9.59 Å². The molecule has 1 aliphatic rings. The lowest BCUT2D eigenvalue weighted by Gasteiger charge is -2.04. The number of carbonyl (C=O) groups is 1. The fourth-order valence-electron chi connectivity index (χ4n) is 1.81. The highest BCUT2D eigenvalue weighted by molar-refractivity contribution is 5.96. The minimum atomic E-state index is -0.260. The molecule has 0 bridgehead atoms. The molecule has 0 aliphatic carbocycles. The van der Waals surface area contributed by atoms with Crippen LogP contribution in [0.1, 0.15) is 10.4 Å². The Hall–Kier alpha value is -2.63. The molecule has 1 aliphatic heterocycles. The summed E-state index contributed by atoms with van der Waals surface area (Å²) in [6, 6.07) is 6.26. The number of hydrogen-bond donors (Lipinski definition) is 0. The van der Waals surface area contributed by atoms with Gasteiger partial charge in [-0.1, -0.05) is 0 Å². The maximum absolute atomic E-state index is 12.1. The lowest BCUT2D eigenvalue weighted by Crippen LogP contribution is -2.23. The zero-order chi connectivity index (χ0) is 13.2. The zero-order valence-electron chi connectivity index (χ0n) is 9.91. The molecular formula is C13H10N2O4. The van der Waals surface area contributed by atoms with Crippen LogP contribution in [-0.4, -0.2) is 22.1 Å². The van der Waals surface area contributed by atoms with E-state index in [1.807, 2.05) is 0 Å². The van der Waals surface area contributed by atoms with Gasteiger partial charge in [0.25, 0.3) is 5.56 Å². The highest BCUT2D eigenvalue weighted by atomic mass is 16.7. The van der Waals surface area contributed by atoms with Gasteiger partial charge < -0.3 is 9.47 Å². The summed E-state index contributed by atoms with van der Waals surface area (Å²) in [6.07, 6.45) is 2.73. The second-order valence-electron chi connectivity index (χ2n) is 4.04. The first kappa shape index (κ1) is 11.5. The fourth-order valence-corrected chi connectivity index (χ4v) is 1.81.